The number of amides is 4. The fourth-order valence-electron chi connectivity index (χ4n) is 1.85. The molecule has 0 spiro atoms. The van der Waals surface area contributed by atoms with Crippen molar-refractivity contribution in [3.63, 3.8) is 0 Å². The summed E-state index contributed by atoms with van der Waals surface area (Å²) < 4.78 is 5.32. The zero-order valence-electron chi connectivity index (χ0n) is 11.6. The molecule has 112 valence electrons. The van der Waals surface area contributed by atoms with Crippen molar-refractivity contribution in [2.24, 2.45) is 0 Å². The van der Waals surface area contributed by atoms with E-state index in [0.717, 1.165) is 5.56 Å². The first-order valence-corrected chi connectivity index (χ1v) is 6.62. The molecule has 1 aliphatic rings. The number of aryl methyl sites for hydroxylation is 1. The molecular formula is C14H17N3O4. The number of ether oxygens (including phenoxy) is 1. The van der Waals surface area contributed by atoms with Crippen molar-refractivity contribution in [2.45, 2.75) is 19.4 Å². The number of carbonyl (C=O) groups is 3. The number of imide groups is 1. The van der Waals surface area contributed by atoms with E-state index in [1.807, 2.05) is 19.1 Å². The first kappa shape index (κ1) is 14.8. The van der Waals surface area contributed by atoms with Gasteiger partial charge in [-0.15, -0.1) is 0 Å². The number of rotatable bonds is 6. The van der Waals surface area contributed by atoms with Crippen molar-refractivity contribution < 1.29 is 19.1 Å². The van der Waals surface area contributed by atoms with Crippen LogP contribution in [0.4, 0.5) is 4.79 Å². The highest BCUT2D eigenvalue weighted by Crippen LogP contribution is 2.10. The second-order valence-electron chi connectivity index (χ2n) is 4.76. The number of urea groups is 1. The molecule has 2 rings (SSSR count). The van der Waals surface area contributed by atoms with Gasteiger partial charge in [0.1, 0.15) is 11.8 Å². The third-order valence-electron chi connectivity index (χ3n) is 3.00. The van der Waals surface area contributed by atoms with Gasteiger partial charge in [0.05, 0.1) is 0 Å². The van der Waals surface area contributed by atoms with Gasteiger partial charge in [0.2, 0.25) is 0 Å². The molecule has 1 aromatic rings. The van der Waals surface area contributed by atoms with Crippen molar-refractivity contribution in [3.05, 3.63) is 29.8 Å². The first-order chi connectivity index (χ1) is 10.0. The van der Waals surface area contributed by atoms with Crippen LogP contribution in [-0.4, -0.2) is 37.0 Å². The fourth-order valence-corrected chi connectivity index (χ4v) is 1.85. The molecule has 3 N–H and O–H groups in total. The van der Waals surface area contributed by atoms with Gasteiger partial charge in [0.15, 0.2) is 6.61 Å². The molecule has 1 saturated heterocycles. The SMILES string of the molecule is Cc1ccc(OCC(=O)NCCC2NC(=O)NC2=O)cc1. The predicted molar refractivity (Wildman–Crippen MR) is 74.8 cm³/mol. The third kappa shape index (κ3) is 4.48. The Morgan fingerprint density at radius 3 is 2.62 bits per heavy atom. The summed E-state index contributed by atoms with van der Waals surface area (Å²) in [7, 11) is 0. The Morgan fingerprint density at radius 1 is 1.29 bits per heavy atom. The molecule has 1 atom stereocenters. The molecule has 4 amide bonds. The largest absolute Gasteiger partial charge is 0.484 e. The lowest BCUT2D eigenvalue weighted by Crippen LogP contribution is -2.36. The number of hydrogen-bond acceptors (Lipinski definition) is 4. The van der Waals surface area contributed by atoms with Crippen molar-refractivity contribution in [2.75, 3.05) is 13.2 Å². The second kappa shape index (κ2) is 6.74. The fraction of sp³-hybridized carbons (Fsp3) is 0.357. The molecule has 21 heavy (non-hydrogen) atoms. The minimum atomic E-state index is -0.587. The van der Waals surface area contributed by atoms with Crippen LogP contribution in [0.1, 0.15) is 12.0 Å². The molecule has 0 saturated carbocycles. The van der Waals surface area contributed by atoms with E-state index in [2.05, 4.69) is 16.0 Å². The molecular weight excluding hydrogens is 274 g/mol. The zero-order chi connectivity index (χ0) is 15.2. The summed E-state index contributed by atoms with van der Waals surface area (Å²) in [4.78, 5) is 33.7. The van der Waals surface area contributed by atoms with Crippen molar-refractivity contribution in [1.29, 1.82) is 0 Å². The lowest BCUT2D eigenvalue weighted by molar-refractivity contribution is -0.124. The highest BCUT2D eigenvalue weighted by molar-refractivity contribution is 6.04. The van der Waals surface area contributed by atoms with Crippen LogP contribution in [0.3, 0.4) is 0 Å². The standard InChI is InChI=1S/C14H17N3O4/c1-9-2-4-10(5-3-9)21-8-12(18)15-7-6-11-13(19)17-14(20)16-11/h2-5,11H,6-8H2,1H3,(H,15,18)(H2,16,17,19,20). The number of hydrogen-bond donors (Lipinski definition) is 3. The summed E-state index contributed by atoms with van der Waals surface area (Å²) in [6.07, 6.45) is 0.341. The van der Waals surface area contributed by atoms with Gasteiger partial charge in [0.25, 0.3) is 11.8 Å². The van der Waals surface area contributed by atoms with Crippen molar-refractivity contribution in [1.82, 2.24) is 16.0 Å². The highest BCUT2D eigenvalue weighted by Gasteiger charge is 2.28. The highest BCUT2D eigenvalue weighted by atomic mass is 16.5. The third-order valence-corrected chi connectivity index (χ3v) is 3.00. The van der Waals surface area contributed by atoms with E-state index in [-0.39, 0.29) is 25.0 Å². The first-order valence-electron chi connectivity index (χ1n) is 6.62. The lowest BCUT2D eigenvalue weighted by atomic mass is 10.2. The molecule has 7 heteroatoms. The normalized spacial score (nSPS) is 17.1. The van der Waals surface area contributed by atoms with Crippen LogP contribution in [0.25, 0.3) is 0 Å². The van der Waals surface area contributed by atoms with Crippen LogP contribution in [0.5, 0.6) is 5.75 Å². The molecule has 1 heterocycles. The molecule has 0 aliphatic carbocycles. The summed E-state index contributed by atoms with van der Waals surface area (Å²) in [5.74, 6) is -0.0244. The Hall–Kier alpha value is -2.57. The number of carbonyl (C=O) groups excluding carboxylic acids is 3. The van der Waals surface area contributed by atoms with E-state index < -0.39 is 12.1 Å². The van der Waals surface area contributed by atoms with Crippen LogP contribution in [0.15, 0.2) is 24.3 Å². The Labute approximate surface area is 122 Å². The van der Waals surface area contributed by atoms with Crippen LogP contribution in [0.2, 0.25) is 0 Å². The van der Waals surface area contributed by atoms with Gasteiger partial charge in [-0.3, -0.25) is 14.9 Å². The summed E-state index contributed by atoms with van der Waals surface area (Å²) >= 11 is 0. The maximum absolute atomic E-state index is 11.6. The van der Waals surface area contributed by atoms with E-state index in [1.54, 1.807) is 12.1 Å². The van der Waals surface area contributed by atoms with E-state index in [0.29, 0.717) is 12.2 Å². The summed E-state index contributed by atoms with van der Waals surface area (Å²) in [5, 5.41) is 7.22. The maximum Gasteiger partial charge on any atom is 0.322 e. The van der Waals surface area contributed by atoms with Gasteiger partial charge >= 0.3 is 6.03 Å². The molecule has 1 fully saturated rings. The molecule has 1 aromatic carbocycles. The van der Waals surface area contributed by atoms with E-state index in [1.165, 1.54) is 0 Å². The van der Waals surface area contributed by atoms with Crippen LogP contribution in [0, 0.1) is 6.92 Å². The van der Waals surface area contributed by atoms with Gasteiger partial charge in [-0.25, -0.2) is 4.79 Å². The minimum absolute atomic E-state index is 0.0910. The van der Waals surface area contributed by atoms with Gasteiger partial charge in [-0.2, -0.15) is 0 Å². The van der Waals surface area contributed by atoms with Crippen molar-refractivity contribution >= 4 is 17.8 Å². The maximum atomic E-state index is 11.6. The van der Waals surface area contributed by atoms with Crippen LogP contribution >= 0.6 is 0 Å². The number of nitrogens with one attached hydrogen (secondary N) is 3. The monoisotopic (exact) mass is 291 g/mol. The summed E-state index contributed by atoms with van der Waals surface area (Å²) in [5.41, 5.74) is 1.11. The average molecular weight is 291 g/mol. The second-order valence-corrected chi connectivity index (χ2v) is 4.76. The topological polar surface area (TPSA) is 96.5 Å². The smallest absolute Gasteiger partial charge is 0.322 e. The predicted octanol–water partition coefficient (Wildman–Crippen LogP) is 0.0881. The van der Waals surface area contributed by atoms with Gasteiger partial charge in [0, 0.05) is 6.54 Å². The minimum Gasteiger partial charge on any atom is -0.484 e. The average Bonchev–Trinajstić information content (AvgIpc) is 2.76. The molecule has 1 aliphatic heterocycles. The Morgan fingerprint density at radius 2 is 2.00 bits per heavy atom. The van der Waals surface area contributed by atoms with E-state index in [9.17, 15) is 14.4 Å². The van der Waals surface area contributed by atoms with E-state index in [4.69, 9.17) is 4.74 Å². The lowest BCUT2D eigenvalue weighted by Gasteiger charge is -2.09. The van der Waals surface area contributed by atoms with Gasteiger partial charge in [-0.1, -0.05) is 17.7 Å². The zero-order valence-corrected chi connectivity index (χ0v) is 11.6. The van der Waals surface area contributed by atoms with Gasteiger partial charge in [-0.05, 0) is 25.5 Å². The van der Waals surface area contributed by atoms with Gasteiger partial charge < -0.3 is 15.4 Å². The Bertz CT molecular complexity index is 542. The summed E-state index contributed by atoms with van der Waals surface area (Å²) in [6.45, 7) is 2.16. The Kier molecular flexibility index (Phi) is 4.76. The summed E-state index contributed by atoms with van der Waals surface area (Å²) in [6, 6.07) is 6.29. The van der Waals surface area contributed by atoms with Crippen molar-refractivity contribution in [3.8, 4) is 5.75 Å². The molecule has 1 unspecified atom stereocenters. The van der Waals surface area contributed by atoms with Crippen LogP contribution < -0.4 is 20.7 Å². The molecule has 0 bridgehead atoms. The molecule has 7 nitrogen and oxygen atoms in total. The van der Waals surface area contributed by atoms with Crippen LogP contribution in [-0.2, 0) is 9.59 Å². The quantitative estimate of drug-likeness (QED) is 0.647. The molecule has 0 aromatic heterocycles. The van der Waals surface area contributed by atoms with E-state index >= 15 is 0 Å². The Balaban J connectivity index is 1.65. The molecule has 0 radical (unpaired) electrons. The number of benzene rings is 1.